The van der Waals surface area contributed by atoms with Gasteiger partial charge in [0.05, 0.1) is 17.1 Å². The van der Waals surface area contributed by atoms with Crippen LogP contribution in [0, 0.1) is 0 Å². The van der Waals surface area contributed by atoms with Crippen molar-refractivity contribution in [3.63, 3.8) is 0 Å². The van der Waals surface area contributed by atoms with Gasteiger partial charge in [0.25, 0.3) is 0 Å². The molecular weight excluding hydrogens is 556 g/mol. The van der Waals surface area contributed by atoms with E-state index in [-0.39, 0.29) is 0 Å². The van der Waals surface area contributed by atoms with Crippen molar-refractivity contribution in [2.24, 2.45) is 9.98 Å². The van der Waals surface area contributed by atoms with Crippen molar-refractivity contribution in [1.29, 1.82) is 0 Å². The highest BCUT2D eigenvalue weighted by Crippen LogP contribution is 2.34. The molecule has 4 aromatic rings. The maximum Gasteiger partial charge on any atom is 0.0642 e. The molecule has 0 aromatic heterocycles. The molecule has 0 saturated carbocycles. The van der Waals surface area contributed by atoms with Crippen LogP contribution in [0.1, 0.15) is 115 Å². The summed E-state index contributed by atoms with van der Waals surface area (Å²) in [7, 11) is 0. The molecular formula is C44H56N2. The van der Waals surface area contributed by atoms with Crippen LogP contribution in [0.2, 0.25) is 0 Å². The van der Waals surface area contributed by atoms with Crippen molar-refractivity contribution < 1.29 is 0 Å². The predicted molar refractivity (Wildman–Crippen MR) is 204 cm³/mol. The molecule has 2 nitrogen and oxygen atoms in total. The van der Waals surface area contributed by atoms with Crippen molar-refractivity contribution in [3.05, 3.63) is 108 Å². The molecule has 0 bridgehead atoms. The fourth-order valence-electron chi connectivity index (χ4n) is 6.32. The van der Waals surface area contributed by atoms with Gasteiger partial charge in [-0.1, -0.05) is 146 Å². The Bertz CT molecular complexity index is 1510. The lowest BCUT2D eigenvalue weighted by molar-refractivity contribution is 0.607. The molecule has 0 aliphatic rings. The Hall–Kier alpha value is -3.78. The molecule has 0 N–H and O–H groups in total. The van der Waals surface area contributed by atoms with Gasteiger partial charge in [-0.3, -0.25) is 9.98 Å². The van der Waals surface area contributed by atoms with Crippen LogP contribution in [0.5, 0.6) is 0 Å². The molecule has 0 spiro atoms. The molecule has 4 aromatic carbocycles. The van der Waals surface area contributed by atoms with Crippen LogP contribution in [-0.2, 0) is 19.3 Å². The molecule has 0 radical (unpaired) electrons. The Labute approximate surface area is 280 Å². The number of unbranched alkanes of at least 4 members (excludes halogenated alkanes) is 8. The minimum Gasteiger partial charge on any atom is -0.255 e. The first kappa shape index (κ1) is 35.1. The lowest BCUT2D eigenvalue weighted by Gasteiger charge is -2.16. The number of nitrogens with zero attached hydrogens (tertiary/aromatic N) is 2. The summed E-state index contributed by atoms with van der Waals surface area (Å²) < 4.78 is 0. The predicted octanol–water partition coefficient (Wildman–Crippen LogP) is 13.5. The van der Waals surface area contributed by atoms with E-state index in [1.54, 1.807) is 0 Å². The summed E-state index contributed by atoms with van der Waals surface area (Å²) >= 11 is 0. The van der Waals surface area contributed by atoms with Gasteiger partial charge in [-0.05, 0) is 102 Å². The molecule has 0 heterocycles. The fraction of sp³-hybridized carbons (Fsp3) is 0.409. The lowest BCUT2D eigenvalue weighted by Crippen LogP contribution is -1.99. The summed E-state index contributed by atoms with van der Waals surface area (Å²) in [5.41, 5.74) is 12.4. The van der Waals surface area contributed by atoms with Crippen molar-refractivity contribution in [2.45, 2.75) is 118 Å². The van der Waals surface area contributed by atoms with E-state index >= 15 is 0 Å². The molecule has 0 saturated heterocycles. The molecule has 0 aliphatic heterocycles. The van der Waals surface area contributed by atoms with Crippen LogP contribution in [0.3, 0.4) is 0 Å². The first-order valence-corrected chi connectivity index (χ1v) is 18.2. The molecule has 0 aliphatic carbocycles. The molecule has 4 rings (SSSR count). The number of rotatable bonds is 19. The fourth-order valence-corrected chi connectivity index (χ4v) is 6.32. The zero-order valence-corrected chi connectivity index (χ0v) is 29.0. The number of benzene rings is 4. The van der Waals surface area contributed by atoms with Gasteiger partial charge < -0.3 is 0 Å². The van der Waals surface area contributed by atoms with E-state index in [9.17, 15) is 0 Å². The highest BCUT2D eigenvalue weighted by molar-refractivity contribution is 6.31. The zero-order chi connectivity index (χ0) is 32.4. The average Bonchev–Trinajstić information content (AvgIpc) is 3.10. The van der Waals surface area contributed by atoms with Crippen LogP contribution in [-0.4, -0.2) is 11.9 Å². The highest BCUT2D eigenvalue weighted by atomic mass is 14.8. The number of aliphatic imine (C=N–C) groups is 2. The van der Waals surface area contributed by atoms with E-state index in [0.29, 0.717) is 0 Å². The third-order valence-corrected chi connectivity index (χ3v) is 8.93. The first-order chi connectivity index (χ1) is 22.6. The topological polar surface area (TPSA) is 24.7 Å². The number of hydrogen-bond donors (Lipinski definition) is 0. The Morgan fingerprint density at radius 3 is 1.83 bits per heavy atom. The summed E-state index contributed by atoms with van der Waals surface area (Å²) in [5.74, 6) is 0. The number of aryl methyl sites for hydroxylation is 3. The largest absolute Gasteiger partial charge is 0.255 e. The van der Waals surface area contributed by atoms with Gasteiger partial charge in [0.1, 0.15) is 0 Å². The molecule has 46 heavy (non-hydrogen) atoms. The summed E-state index contributed by atoms with van der Waals surface area (Å²) in [6.07, 6.45) is 18.9. The van der Waals surface area contributed by atoms with Crippen molar-refractivity contribution in [3.8, 4) is 22.3 Å². The van der Waals surface area contributed by atoms with E-state index in [1.807, 2.05) is 6.21 Å². The molecule has 0 amide bonds. The third-order valence-electron chi connectivity index (χ3n) is 8.93. The second-order valence-electron chi connectivity index (χ2n) is 12.7. The first-order valence-electron chi connectivity index (χ1n) is 18.2. The minimum atomic E-state index is 0.832. The normalized spacial score (nSPS) is 11.9. The van der Waals surface area contributed by atoms with Crippen molar-refractivity contribution in [2.75, 3.05) is 0 Å². The molecule has 0 unspecified atom stereocenters. The number of hydrogen-bond acceptors (Lipinski definition) is 2. The summed E-state index contributed by atoms with van der Waals surface area (Å²) in [5, 5.41) is 0. The maximum absolute atomic E-state index is 5.17. The molecule has 2 heteroatoms. The summed E-state index contributed by atoms with van der Waals surface area (Å²) in [4.78, 5) is 10.2. The van der Waals surface area contributed by atoms with E-state index in [4.69, 9.17) is 9.98 Å². The van der Waals surface area contributed by atoms with Crippen molar-refractivity contribution in [1.82, 2.24) is 0 Å². The zero-order valence-electron chi connectivity index (χ0n) is 29.0. The molecule has 0 atom stereocenters. The Morgan fingerprint density at radius 2 is 1.15 bits per heavy atom. The van der Waals surface area contributed by atoms with Crippen LogP contribution in [0.15, 0.2) is 101 Å². The van der Waals surface area contributed by atoms with Gasteiger partial charge in [-0.15, -0.1) is 0 Å². The monoisotopic (exact) mass is 612 g/mol. The van der Waals surface area contributed by atoms with Crippen LogP contribution >= 0.6 is 0 Å². The van der Waals surface area contributed by atoms with Gasteiger partial charge in [-0.2, -0.15) is 0 Å². The van der Waals surface area contributed by atoms with Gasteiger partial charge in [0, 0.05) is 6.21 Å². The summed E-state index contributed by atoms with van der Waals surface area (Å²) in [6.45, 7) is 9.00. The molecule has 242 valence electrons. The quantitative estimate of drug-likeness (QED) is 0.0743. The summed E-state index contributed by atoms with van der Waals surface area (Å²) in [6, 6.07) is 33.1. The second kappa shape index (κ2) is 19.7. The van der Waals surface area contributed by atoms with E-state index in [2.05, 4.69) is 119 Å². The van der Waals surface area contributed by atoms with Crippen LogP contribution in [0.25, 0.3) is 22.3 Å². The van der Waals surface area contributed by atoms with E-state index in [0.717, 1.165) is 42.8 Å². The van der Waals surface area contributed by atoms with E-state index in [1.165, 1.54) is 103 Å². The highest BCUT2D eigenvalue weighted by Gasteiger charge is 2.12. The van der Waals surface area contributed by atoms with Crippen LogP contribution < -0.4 is 0 Å². The molecule has 0 fully saturated rings. The Balaban J connectivity index is 1.63. The van der Waals surface area contributed by atoms with Gasteiger partial charge >= 0.3 is 0 Å². The Morgan fingerprint density at radius 1 is 0.543 bits per heavy atom. The second-order valence-corrected chi connectivity index (χ2v) is 12.7. The average molecular weight is 613 g/mol. The Kier molecular flexibility index (Phi) is 15.0. The minimum absolute atomic E-state index is 0.832. The lowest BCUT2D eigenvalue weighted by atomic mass is 9.89. The van der Waals surface area contributed by atoms with Gasteiger partial charge in [0.2, 0.25) is 0 Å². The maximum atomic E-state index is 5.17. The van der Waals surface area contributed by atoms with Gasteiger partial charge in [0.15, 0.2) is 0 Å². The standard InChI is InChI=1S/C44H56N2/c1-5-9-11-13-14-18-28-39-32-42(31-36(7-3)44(39)38-26-21-16-22-27-38)45-34-41(8-4)46-43-30-35(23-17-12-10-6-2)29-40(33-43)37-24-19-15-20-25-37/h15-16,19-22,24-27,29-34H,5-14,17-18,23,28H2,1-4H3. The third kappa shape index (κ3) is 10.9. The van der Waals surface area contributed by atoms with Crippen molar-refractivity contribution >= 4 is 23.3 Å². The SMILES string of the molecule is CCCCCCCCc1cc(N=CC(CC)=Nc2cc(CCCCCC)cc(-c3ccccc3)c2)cc(CC)c1-c1ccccc1. The van der Waals surface area contributed by atoms with Crippen LogP contribution in [0.4, 0.5) is 11.4 Å². The smallest absolute Gasteiger partial charge is 0.0642 e. The van der Waals surface area contributed by atoms with Gasteiger partial charge in [-0.25, -0.2) is 0 Å². The van der Waals surface area contributed by atoms with E-state index < -0.39 is 0 Å².